The minimum atomic E-state index is -0.207. The van der Waals surface area contributed by atoms with Crippen LogP contribution in [0.1, 0.15) is 74.5 Å². The number of rotatable bonds is 11. The van der Waals surface area contributed by atoms with Gasteiger partial charge in [0.2, 0.25) is 0 Å². The summed E-state index contributed by atoms with van der Waals surface area (Å²) in [5.41, 5.74) is 2.72. The van der Waals surface area contributed by atoms with Crippen molar-refractivity contribution in [1.82, 2.24) is 15.1 Å². The van der Waals surface area contributed by atoms with Gasteiger partial charge in [-0.05, 0) is 63.4 Å². The highest BCUT2D eigenvalue weighted by Crippen LogP contribution is 2.28. The van der Waals surface area contributed by atoms with Gasteiger partial charge in [0.1, 0.15) is 5.75 Å². The molecule has 2 aromatic carbocycles. The molecule has 1 heterocycles. The van der Waals surface area contributed by atoms with Crippen molar-refractivity contribution in [1.29, 1.82) is 0 Å². The number of nitrogens with zero attached hydrogens (tertiary/aromatic N) is 2. The topological polar surface area (TPSA) is 61.9 Å². The highest BCUT2D eigenvalue weighted by atomic mass is 16.5. The van der Waals surface area contributed by atoms with Gasteiger partial charge in [-0.15, -0.1) is 0 Å². The molecule has 0 aromatic heterocycles. The van der Waals surface area contributed by atoms with Gasteiger partial charge in [-0.2, -0.15) is 0 Å². The molecular formula is C28H39N3O3. The van der Waals surface area contributed by atoms with Gasteiger partial charge < -0.3 is 15.0 Å². The van der Waals surface area contributed by atoms with Crippen LogP contribution in [0.3, 0.4) is 0 Å². The van der Waals surface area contributed by atoms with Gasteiger partial charge in [-0.3, -0.25) is 14.5 Å². The Balaban J connectivity index is 1.64. The molecule has 1 aliphatic heterocycles. The number of carbonyl (C=O) groups excluding carboxylic acids is 2. The Bertz CT molecular complexity index is 936. The van der Waals surface area contributed by atoms with E-state index in [9.17, 15) is 9.59 Å². The predicted octanol–water partition coefficient (Wildman–Crippen LogP) is 4.80. The number of para-hydroxylation sites is 1. The molecule has 1 saturated heterocycles. The average Bonchev–Trinajstić information content (AvgIpc) is 3.40. The first-order valence-corrected chi connectivity index (χ1v) is 12.6. The molecule has 34 heavy (non-hydrogen) atoms. The molecule has 2 aromatic rings. The predicted molar refractivity (Wildman–Crippen MR) is 136 cm³/mol. The molecule has 3 rings (SSSR count). The van der Waals surface area contributed by atoms with E-state index in [2.05, 4.69) is 31.0 Å². The van der Waals surface area contributed by atoms with Crippen LogP contribution in [-0.2, 0) is 11.3 Å². The summed E-state index contributed by atoms with van der Waals surface area (Å²) >= 11 is 0. The van der Waals surface area contributed by atoms with Crippen molar-refractivity contribution in [3.63, 3.8) is 0 Å². The third-order valence-electron chi connectivity index (χ3n) is 6.56. The number of amides is 2. The van der Waals surface area contributed by atoms with E-state index in [1.54, 1.807) is 0 Å². The molecule has 0 saturated carbocycles. The van der Waals surface area contributed by atoms with Crippen LogP contribution in [0.25, 0.3) is 0 Å². The summed E-state index contributed by atoms with van der Waals surface area (Å²) in [5.74, 6) is 0.548. The minimum Gasteiger partial charge on any atom is -0.483 e. The first kappa shape index (κ1) is 25.8. The lowest BCUT2D eigenvalue weighted by molar-refractivity contribution is -0.132. The summed E-state index contributed by atoms with van der Waals surface area (Å²) in [7, 11) is 0. The molecule has 0 spiro atoms. The number of nitrogens with one attached hydrogen (secondary N) is 1. The fourth-order valence-corrected chi connectivity index (χ4v) is 4.39. The normalized spacial score (nSPS) is 14.5. The van der Waals surface area contributed by atoms with Crippen LogP contribution >= 0.6 is 0 Å². The third kappa shape index (κ3) is 6.83. The van der Waals surface area contributed by atoms with Gasteiger partial charge in [0.05, 0.1) is 6.04 Å². The van der Waals surface area contributed by atoms with E-state index in [1.807, 2.05) is 60.4 Å². The standard InChI is InChI=1S/C28H39N3O3/c1-5-25(24-11-7-8-12-26(24)34-20-27(32)31-17-9-10-18-31)29-28(33)23-15-13-22(14-16-23)19-30(6-2)21(3)4/h7-8,11-16,21,25H,5-6,9-10,17-20H2,1-4H3,(H,29,33). The maximum Gasteiger partial charge on any atom is 0.260 e. The Morgan fingerprint density at radius 2 is 1.71 bits per heavy atom. The van der Waals surface area contributed by atoms with Gasteiger partial charge in [0.25, 0.3) is 11.8 Å². The van der Waals surface area contributed by atoms with Crippen molar-refractivity contribution in [2.75, 3.05) is 26.2 Å². The number of benzene rings is 2. The highest BCUT2D eigenvalue weighted by Gasteiger charge is 2.21. The number of hydrogen-bond donors (Lipinski definition) is 1. The van der Waals surface area contributed by atoms with Crippen LogP contribution < -0.4 is 10.1 Å². The van der Waals surface area contributed by atoms with Crippen LogP contribution in [0.4, 0.5) is 0 Å². The monoisotopic (exact) mass is 465 g/mol. The zero-order chi connectivity index (χ0) is 24.5. The summed E-state index contributed by atoms with van der Waals surface area (Å²) in [6.07, 6.45) is 2.83. The maximum absolute atomic E-state index is 13.0. The highest BCUT2D eigenvalue weighted by molar-refractivity contribution is 5.94. The second-order valence-corrected chi connectivity index (χ2v) is 9.20. The molecule has 0 bridgehead atoms. The Labute approximate surface area is 204 Å². The fourth-order valence-electron chi connectivity index (χ4n) is 4.39. The van der Waals surface area contributed by atoms with E-state index in [0.717, 1.165) is 44.6 Å². The van der Waals surface area contributed by atoms with E-state index in [4.69, 9.17) is 4.74 Å². The fraction of sp³-hybridized carbons (Fsp3) is 0.500. The van der Waals surface area contributed by atoms with E-state index in [-0.39, 0.29) is 24.5 Å². The van der Waals surface area contributed by atoms with Crippen molar-refractivity contribution in [2.24, 2.45) is 0 Å². The molecule has 2 amide bonds. The molecular weight excluding hydrogens is 426 g/mol. The molecule has 6 heteroatoms. The Hall–Kier alpha value is -2.86. The summed E-state index contributed by atoms with van der Waals surface area (Å²) < 4.78 is 5.92. The van der Waals surface area contributed by atoms with Crippen LogP contribution in [0.15, 0.2) is 48.5 Å². The second kappa shape index (κ2) is 12.6. The Morgan fingerprint density at radius 3 is 2.32 bits per heavy atom. The smallest absolute Gasteiger partial charge is 0.260 e. The molecule has 0 aliphatic carbocycles. The van der Waals surface area contributed by atoms with Crippen molar-refractivity contribution in [3.05, 3.63) is 65.2 Å². The minimum absolute atomic E-state index is 0.0172. The third-order valence-corrected chi connectivity index (χ3v) is 6.56. The van der Waals surface area contributed by atoms with Gasteiger partial charge in [-0.25, -0.2) is 0 Å². The lowest BCUT2D eigenvalue weighted by atomic mass is 10.0. The van der Waals surface area contributed by atoms with E-state index in [1.165, 1.54) is 5.56 Å². The zero-order valence-electron chi connectivity index (χ0n) is 21.0. The van der Waals surface area contributed by atoms with E-state index >= 15 is 0 Å². The van der Waals surface area contributed by atoms with Gasteiger partial charge in [0, 0.05) is 36.8 Å². The van der Waals surface area contributed by atoms with Crippen LogP contribution in [0.5, 0.6) is 5.75 Å². The molecule has 184 valence electrons. The number of ether oxygens (including phenoxy) is 1. The Kier molecular flexibility index (Phi) is 9.52. The number of carbonyl (C=O) groups is 2. The lowest BCUT2D eigenvalue weighted by Gasteiger charge is -2.25. The molecule has 1 aliphatic rings. The van der Waals surface area contributed by atoms with Crippen molar-refractivity contribution in [3.8, 4) is 5.75 Å². The molecule has 1 atom stereocenters. The average molecular weight is 466 g/mol. The second-order valence-electron chi connectivity index (χ2n) is 9.20. The van der Waals surface area contributed by atoms with Crippen molar-refractivity contribution >= 4 is 11.8 Å². The molecule has 1 unspecified atom stereocenters. The molecule has 0 radical (unpaired) electrons. The summed E-state index contributed by atoms with van der Waals surface area (Å²) in [6, 6.07) is 15.8. The van der Waals surface area contributed by atoms with Crippen LogP contribution in [-0.4, -0.2) is 53.9 Å². The molecule has 1 N–H and O–H groups in total. The van der Waals surface area contributed by atoms with Crippen molar-refractivity contribution in [2.45, 2.75) is 65.6 Å². The first-order valence-electron chi connectivity index (χ1n) is 12.6. The number of hydrogen-bond acceptors (Lipinski definition) is 4. The van der Waals surface area contributed by atoms with E-state index < -0.39 is 0 Å². The molecule has 1 fully saturated rings. The zero-order valence-corrected chi connectivity index (χ0v) is 21.0. The number of likely N-dealkylation sites (tertiary alicyclic amines) is 1. The van der Waals surface area contributed by atoms with Crippen LogP contribution in [0, 0.1) is 0 Å². The van der Waals surface area contributed by atoms with Crippen LogP contribution in [0.2, 0.25) is 0 Å². The maximum atomic E-state index is 13.0. The molecule has 6 nitrogen and oxygen atoms in total. The summed E-state index contributed by atoms with van der Waals surface area (Å²) in [4.78, 5) is 29.7. The summed E-state index contributed by atoms with van der Waals surface area (Å²) in [6.45, 7) is 12.1. The quantitative estimate of drug-likeness (QED) is 0.518. The first-order chi connectivity index (χ1) is 16.4. The largest absolute Gasteiger partial charge is 0.483 e. The van der Waals surface area contributed by atoms with Gasteiger partial charge >= 0.3 is 0 Å². The van der Waals surface area contributed by atoms with Crippen molar-refractivity contribution < 1.29 is 14.3 Å². The SMILES string of the molecule is CCC(NC(=O)c1ccc(CN(CC)C(C)C)cc1)c1ccccc1OCC(=O)N1CCCC1. The van der Waals surface area contributed by atoms with E-state index in [0.29, 0.717) is 23.8 Å². The lowest BCUT2D eigenvalue weighted by Crippen LogP contribution is -2.32. The summed E-state index contributed by atoms with van der Waals surface area (Å²) in [5, 5.41) is 3.15. The van der Waals surface area contributed by atoms with Gasteiger partial charge in [-0.1, -0.05) is 44.2 Å². The Morgan fingerprint density at radius 1 is 1.03 bits per heavy atom. The van der Waals surface area contributed by atoms with Gasteiger partial charge in [0.15, 0.2) is 6.61 Å².